The minimum absolute atomic E-state index is 0.168. The Hall–Kier alpha value is -1.23. The number of piperazine rings is 1. The molecule has 2 saturated heterocycles. The molecule has 0 radical (unpaired) electrons. The molecule has 2 fully saturated rings. The summed E-state index contributed by atoms with van der Waals surface area (Å²) in [6, 6.07) is 8.72. The van der Waals surface area contributed by atoms with Crippen molar-refractivity contribution in [3.63, 3.8) is 0 Å². The van der Waals surface area contributed by atoms with Gasteiger partial charge < -0.3 is 14.9 Å². The van der Waals surface area contributed by atoms with E-state index in [9.17, 15) is 4.79 Å². The van der Waals surface area contributed by atoms with Crippen LogP contribution in [0.3, 0.4) is 0 Å². The molecule has 1 aromatic rings. The third-order valence-electron chi connectivity index (χ3n) is 3.64. The second-order valence-corrected chi connectivity index (χ2v) is 5.52. The lowest BCUT2D eigenvalue weighted by Crippen LogP contribution is -2.48. The number of carboxylic acid groups (broad SMARTS) is 1. The third-order valence-corrected chi connectivity index (χ3v) is 4.17. The Labute approximate surface area is 108 Å². The van der Waals surface area contributed by atoms with Gasteiger partial charge in [0, 0.05) is 29.3 Å². The van der Waals surface area contributed by atoms with E-state index in [0.29, 0.717) is 12.6 Å². The molecule has 1 amide bonds. The number of hydrogen-bond donors (Lipinski definition) is 1. The molecule has 2 heterocycles. The number of halogens is 1. The first-order chi connectivity index (χ1) is 8.15. The highest BCUT2D eigenvalue weighted by Gasteiger charge is 2.45. The average molecular weight is 297 g/mol. The van der Waals surface area contributed by atoms with Crippen LogP contribution in [-0.4, -0.2) is 41.3 Å². The average Bonchev–Trinajstić information content (AvgIpc) is 2.89. The van der Waals surface area contributed by atoms with E-state index in [1.54, 1.807) is 4.90 Å². The molecule has 3 rings (SSSR count). The van der Waals surface area contributed by atoms with Crippen LogP contribution in [0.5, 0.6) is 0 Å². The van der Waals surface area contributed by atoms with Crippen molar-refractivity contribution < 1.29 is 9.90 Å². The lowest BCUT2D eigenvalue weighted by molar-refractivity contribution is 0.137. The van der Waals surface area contributed by atoms with Crippen LogP contribution in [0.4, 0.5) is 10.5 Å². The Morgan fingerprint density at radius 1 is 1.24 bits per heavy atom. The molecule has 1 N–H and O–H groups in total. The summed E-state index contributed by atoms with van der Waals surface area (Å²) >= 11 is 3.42. The number of benzene rings is 1. The fourth-order valence-electron chi connectivity index (χ4n) is 2.85. The van der Waals surface area contributed by atoms with Crippen LogP contribution in [0, 0.1) is 0 Å². The maximum absolute atomic E-state index is 11.0. The van der Waals surface area contributed by atoms with Crippen molar-refractivity contribution in [2.45, 2.75) is 18.5 Å². The quantitative estimate of drug-likeness (QED) is 0.865. The van der Waals surface area contributed by atoms with E-state index < -0.39 is 6.09 Å². The van der Waals surface area contributed by atoms with Gasteiger partial charge in [-0.2, -0.15) is 0 Å². The minimum atomic E-state index is -0.784. The molecule has 0 unspecified atom stereocenters. The van der Waals surface area contributed by atoms with Gasteiger partial charge in [-0.15, -0.1) is 0 Å². The lowest BCUT2D eigenvalue weighted by atomic mass is 10.2. The highest BCUT2D eigenvalue weighted by molar-refractivity contribution is 9.10. The summed E-state index contributed by atoms with van der Waals surface area (Å²) in [7, 11) is 0. The molecular formula is C12H13BrN2O2. The van der Waals surface area contributed by atoms with Crippen molar-refractivity contribution >= 4 is 27.7 Å². The van der Waals surface area contributed by atoms with Gasteiger partial charge in [0.2, 0.25) is 0 Å². The molecule has 2 aliphatic rings. The predicted molar refractivity (Wildman–Crippen MR) is 68.4 cm³/mol. The molecule has 1 aromatic carbocycles. The Kier molecular flexibility index (Phi) is 2.50. The Bertz CT molecular complexity index is 448. The van der Waals surface area contributed by atoms with Crippen LogP contribution in [0.2, 0.25) is 0 Å². The van der Waals surface area contributed by atoms with Gasteiger partial charge in [-0.3, -0.25) is 0 Å². The molecule has 2 atom stereocenters. The number of amides is 1. The Balaban J connectivity index is 1.78. The first-order valence-electron chi connectivity index (χ1n) is 5.67. The standard InChI is InChI=1S/C12H13BrN2O2/c13-8-1-3-9(4-2-8)14-6-11-5-10(14)7-15(11)12(16)17/h1-4,10-11H,5-7H2,(H,16,17)/t10-,11-/m1/s1. The maximum atomic E-state index is 11.0. The largest absolute Gasteiger partial charge is 0.465 e. The van der Waals surface area contributed by atoms with Crippen LogP contribution in [0.15, 0.2) is 28.7 Å². The zero-order chi connectivity index (χ0) is 12.0. The number of carbonyl (C=O) groups is 1. The summed E-state index contributed by atoms with van der Waals surface area (Å²) < 4.78 is 1.07. The molecule has 2 aliphatic heterocycles. The summed E-state index contributed by atoms with van der Waals surface area (Å²) in [6.45, 7) is 1.45. The molecule has 0 saturated carbocycles. The first kappa shape index (κ1) is 10.9. The Morgan fingerprint density at radius 3 is 2.47 bits per heavy atom. The van der Waals surface area contributed by atoms with Crippen molar-refractivity contribution in [1.29, 1.82) is 0 Å². The molecule has 0 spiro atoms. The lowest BCUT2D eigenvalue weighted by Gasteiger charge is -2.34. The highest BCUT2D eigenvalue weighted by Crippen LogP contribution is 2.34. The van der Waals surface area contributed by atoms with E-state index in [-0.39, 0.29) is 6.04 Å². The van der Waals surface area contributed by atoms with Crippen molar-refractivity contribution in [1.82, 2.24) is 4.90 Å². The minimum Gasteiger partial charge on any atom is -0.465 e. The molecule has 90 valence electrons. The zero-order valence-corrected chi connectivity index (χ0v) is 10.8. The molecular weight excluding hydrogens is 284 g/mol. The number of rotatable bonds is 1. The van der Waals surface area contributed by atoms with Crippen LogP contribution in [0.25, 0.3) is 0 Å². The van der Waals surface area contributed by atoms with Crippen molar-refractivity contribution in [3.05, 3.63) is 28.7 Å². The third kappa shape index (κ3) is 1.78. The number of likely N-dealkylation sites (tertiary alicyclic amines) is 1. The molecule has 0 aliphatic carbocycles. The summed E-state index contributed by atoms with van der Waals surface area (Å²) in [5.41, 5.74) is 1.19. The fraction of sp³-hybridized carbons (Fsp3) is 0.417. The summed E-state index contributed by atoms with van der Waals surface area (Å²) in [6.07, 6.45) is 0.176. The zero-order valence-electron chi connectivity index (χ0n) is 9.21. The van der Waals surface area contributed by atoms with Crippen molar-refractivity contribution in [2.24, 2.45) is 0 Å². The van der Waals surface area contributed by atoms with Gasteiger partial charge in [0.05, 0.1) is 6.04 Å². The molecule has 4 nitrogen and oxygen atoms in total. The van der Waals surface area contributed by atoms with Gasteiger partial charge in [0.25, 0.3) is 0 Å². The van der Waals surface area contributed by atoms with Crippen LogP contribution in [-0.2, 0) is 0 Å². The van der Waals surface area contributed by atoms with E-state index in [4.69, 9.17) is 5.11 Å². The number of anilines is 1. The molecule has 0 aromatic heterocycles. The monoisotopic (exact) mass is 296 g/mol. The highest BCUT2D eigenvalue weighted by atomic mass is 79.9. The second-order valence-electron chi connectivity index (χ2n) is 4.61. The van der Waals surface area contributed by atoms with Gasteiger partial charge in [0.15, 0.2) is 0 Å². The summed E-state index contributed by atoms with van der Waals surface area (Å²) in [5, 5.41) is 9.03. The van der Waals surface area contributed by atoms with Gasteiger partial charge in [-0.05, 0) is 30.7 Å². The number of nitrogens with zero attached hydrogens (tertiary/aromatic N) is 2. The van der Waals surface area contributed by atoms with E-state index in [0.717, 1.165) is 17.4 Å². The van der Waals surface area contributed by atoms with Crippen LogP contribution >= 0.6 is 15.9 Å². The van der Waals surface area contributed by atoms with Gasteiger partial charge in [-0.25, -0.2) is 4.79 Å². The maximum Gasteiger partial charge on any atom is 0.407 e. The first-order valence-corrected chi connectivity index (χ1v) is 6.46. The number of fused-ring (bicyclic) bond motifs is 2. The van der Waals surface area contributed by atoms with E-state index in [1.807, 2.05) is 12.1 Å². The van der Waals surface area contributed by atoms with E-state index >= 15 is 0 Å². The van der Waals surface area contributed by atoms with Gasteiger partial charge in [0.1, 0.15) is 0 Å². The topological polar surface area (TPSA) is 43.8 Å². The fourth-order valence-corrected chi connectivity index (χ4v) is 3.11. The summed E-state index contributed by atoms with van der Waals surface area (Å²) in [4.78, 5) is 14.9. The van der Waals surface area contributed by atoms with Crippen LogP contribution in [0.1, 0.15) is 6.42 Å². The second kappa shape index (κ2) is 3.91. The predicted octanol–water partition coefficient (Wildman–Crippen LogP) is 2.39. The molecule has 17 heavy (non-hydrogen) atoms. The van der Waals surface area contributed by atoms with E-state index in [1.165, 1.54) is 5.69 Å². The number of hydrogen-bond acceptors (Lipinski definition) is 2. The van der Waals surface area contributed by atoms with Gasteiger partial charge in [-0.1, -0.05) is 15.9 Å². The molecule has 2 bridgehead atoms. The van der Waals surface area contributed by atoms with Crippen LogP contribution < -0.4 is 4.90 Å². The van der Waals surface area contributed by atoms with Gasteiger partial charge >= 0.3 is 6.09 Å². The normalized spacial score (nSPS) is 26.6. The van der Waals surface area contributed by atoms with E-state index in [2.05, 4.69) is 33.0 Å². The summed E-state index contributed by atoms with van der Waals surface area (Å²) in [5.74, 6) is 0. The van der Waals surface area contributed by atoms with Crippen molar-refractivity contribution in [2.75, 3.05) is 18.0 Å². The van der Waals surface area contributed by atoms with Crippen molar-refractivity contribution in [3.8, 4) is 0 Å². The Morgan fingerprint density at radius 2 is 1.94 bits per heavy atom. The SMILES string of the molecule is O=C(O)N1C[C@H]2C[C@@H]1CN2c1ccc(Br)cc1. The smallest absolute Gasteiger partial charge is 0.407 e. The molecule has 5 heteroatoms.